The van der Waals surface area contributed by atoms with Gasteiger partial charge in [0.05, 0.1) is 0 Å². The van der Waals surface area contributed by atoms with Crippen molar-refractivity contribution in [2.45, 2.75) is 6.92 Å². The van der Waals surface area contributed by atoms with E-state index < -0.39 is 0 Å². The highest BCUT2D eigenvalue weighted by atomic mass is 32.2. The lowest BCUT2D eigenvalue weighted by molar-refractivity contribution is -0.110. The van der Waals surface area contributed by atoms with Crippen LogP contribution in [0.25, 0.3) is 0 Å². The molecule has 0 saturated heterocycles. The van der Waals surface area contributed by atoms with Gasteiger partial charge >= 0.3 is 0 Å². The normalized spacial score (nSPS) is 8.29. The Hall–Kier alpha value is 0.110. The zero-order valence-corrected chi connectivity index (χ0v) is 5.86. The van der Waals surface area contributed by atoms with E-state index in [1.807, 2.05) is 0 Å². The van der Waals surface area contributed by atoms with Gasteiger partial charge in [-0.25, -0.2) is 0 Å². The van der Waals surface area contributed by atoms with Crippen molar-refractivity contribution in [2.24, 2.45) is 0 Å². The van der Waals surface area contributed by atoms with E-state index in [-0.39, 0.29) is 5.78 Å². The van der Waals surface area contributed by atoms with Gasteiger partial charge in [0.15, 0.2) is 5.78 Å². The van der Waals surface area contributed by atoms with Crippen molar-refractivity contribution < 1.29 is 4.79 Å². The number of thioether (sulfide) groups is 1. The summed E-state index contributed by atoms with van der Waals surface area (Å²) in [5, 5.41) is 0. The predicted octanol–water partition coefficient (Wildman–Crippen LogP) is 1.27. The summed E-state index contributed by atoms with van der Waals surface area (Å²) in [6.45, 7) is 1.47. The average Bonchev–Trinajstić information content (AvgIpc) is 1.65. The van der Waals surface area contributed by atoms with Gasteiger partial charge in [-0.1, -0.05) is 12.2 Å². The van der Waals surface area contributed by atoms with E-state index in [1.54, 1.807) is 6.26 Å². The molecule has 40 valence electrons. The maximum absolute atomic E-state index is 10.2. The molecule has 0 N–H and O–H groups in total. The van der Waals surface area contributed by atoms with Gasteiger partial charge < -0.3 is 0 Å². The molecule has 0 aliphatic rings. The summed E-state index contributed by atoms with van der Waals surface area (Å²) in [5.74, 6) is -0.0116. The van der Waals surface area contributed by atoms with Crippen molar-refractivity contribution in [2.75, 3.05) is 6.26 Å². The lowest BCUT2D eigenvalue weighted by atomic mass is 10.5. The van der Waals surface area contributed by atoms with Crippen molar-refractivity contribution in [1.82, 2.24) is 0 Å². The summed E-state index contributed by atoms with van der Waals surface area (Å²) in [4.78, 5) is 10.2. The summed E-state index contributed by atoms with van der Waals surface area (Å²) < 4.78 is 0.458. The SMILES string of the molecule is CSC(=S)C(C)=O. The lowest BCUT2D eigenvalue weighted by Gasteiger charge is -1.85. The number of thiocarbonyl (C=S) groups is 1. The molecule has 0 bridgehead atoms. The van der Waals surface area contributed by atoms with Crippen molar-refractivity contribution in [3.05, 3.63) is 0 Å². The van der Waals surface area contributed by atoms with E-state index in [0.29, 0.717) is 4.20 Å². The third-order valence-electron chi connectivity index (χ3n) is 0.473. The zero-order chi connectivity index (χ0) is 5.86. The number of hydrogen-bond acceptors (Lipinski definition) is 3. The molecule has 1 nitrogen and oxygen atoms in total. The Kier molecular flexibility index (Phi) is 3.21. The number of carbonyl (C=O) groups is 1. The van der Waals surface area contributed by atoms with Gasteiger partial charge in [-0.05, 0) is 6.26 Å². The Bertz CT molecular complexity index is 97.9. The molecule has 0 amide bonds. The number of rotatable bonds is 1. The first-order valence-corrected chi connectivity index (χ1v) is 3.40. The summed E-state index contributed by atoms with van der Waals surface area (Å²) in [7, 11) is 0. The second kappa shape index (κ2) is 3.16. The minimum Gasteiger partial charge on any atom is -0.293 e. The molecule has 0 heterocycles. The van der Waals surface area contributed by atoms with Crippen LogP contribution in [0, 0.1) is 0 Å². The molecule has 0 saturated carbocycles. The molecule has 0 fully saturated rings. The first kappa shape index (κ1) is 7.11. The second-order valence-electron chi connectivity index (χ2n) is 1.05. The molecule has 0 radical (unpaired) electrons. The lowest BCUT2D eigenvalue weighted by Crippen LogP contribution is -1.99. The maximum Gasteiger partial charge on any atom is 0.176 e. The molecule has 0 aromatic heterocycles. The van der Waals surface area contributed by atoms with E-state index in [2.05, 4.69) is 12.2 Å². The molecule has 0 unspecified atom stereocenters. The van der Waals surface area contributed by atoms with E-state index >= 15 is 0 Å². The Labute approximate surface area is 52.5 Å². The predicted molar refractivity (Wildman–Crippen MR) is 36.8 cm³/mol. The van der Waals surface area contributed by atoms with Gasteiger partial charge in [-0.3, -0.25) is 4.79 Å². The summed E-state index contributed by atoms with van der Waals surface area (Å²) in [5.41, 5.74) is 0. The van der Waals surface area contributed by atoms with E-state index in [4.69, 9.17) is 0 Å². The summed E-state index contributed by atoms with van der Waals surface area (Å²) in [6, 6.07) is 0. The fourth-order valence-corrected chi connectivity index (χ4v) is 0.431. The van der Waals surface area contributed by atoms with Crippen LogP contribution < -0.4 is 0 Å². The molecular weight excluding hydrogens is 128 g/mol. The third kappa shape index (κ3) is 2.76. The molecule has 0 aromatic rings. The van der Waals surface area contributed by atoms with Gasteiger partial charge in [0.1, 0.15) is 4.20 Å². The highest BCUT2D eigenvalue weighted by molar-refractivity contribution is 8.24. The summed E-state index contributed by atoms with van der Waals surface area (Å²) >= 11 is 5.91. The minimum atomic E-state index is -0.0116. The number of ketones is 1. The molecule has 0 atom stereocenters. The molecule has 0 aliphatic carbocycles. The maximum atomic E-state index is 10.2. The van der Waals surface area contributed by atoms with Crippen LogP contribution >= 0.6 is 24.0 Å². The fraction of sp³-hybridized carbons (Fsp3) is 0.500. The number of carbonyl (C=O) groups excluding carboxylic acids is 1. The Balaban J connectivity index is 3.58. The Morgan fingerprint density at radius 3 is 2.14 bits per heavy atom. The van der Waals surface area contributed by atoms with Crippen LogP contribution in [0.2, 0.25) is 0 Å². The molecular formula is C4H6OS2. The quantitative estimate of drug-likeness (QED) is 0.503. The molecule has 7 heavy (non-hydrogen) atoms. The van der Waals surface area contributed by atoms with Gasteiger partial charge in [-0.2, -0.15) is 0 Å². The van der Waals surface area contributed by atoms with Crippen LogP contribution in [-0.4, -0.2) is 16.2 Å². The van der Waals surface area contributed by atoms with Gasteiger partial charge in [-0.15, -0.1) is 11.8 Å². The topological polar surface area (TPSA) is 17.1 Å². The fourth-order valence-electron chi connectivity index (χ4n) is 0.144. The third-order valence-corrected chi connectivity index (χ3v) is 1.92. The summed E-state index contributed by atoms with van der Waals surface area (Å²) in [6.07, 6.45) is 1.80. The van der Waals surface area contributed by atoms with E-state index in [0.717, 1.165) is 0 Å². The monoisotopic (exact) mass is 134 g/mol. The molecule has 3 heteroatoms. The van der Waals surface area contributed by atoms with Gasteiger partial charge in [0.2, 0.25) is 0 Å². The van der Waals surface area contributed by atoms with Crippen LogP contribution in [0.4, 0.5) is 0 Å². The molecule has 0 aliphatic heterocycles. The average molecular weight is 134 g/mol. The first-order valence-electron chi connectivity index (χ1n) is 1.77. The van der Waals surface area contributed by atoms with Crippen molar-refractivity contribution in [1.29, 1.82) is 0 Å². The van der Waals surface area contributed by atoms with E-state index in [1.165, 1.54) is 18.7 Å². The standard InChI is InChI=1S/C4H6OS2/c1-3(5)4(6)7-2/h1-2H3. The molecule has 0 spiro atoms. The highest BCUT2D eigenvalue weighted by Crippen LogP contribution is 1.97. The van der Waals surface area contributed by atoms with Crippen LogP contribution in [0.15, 0.2) is 0 Å². The number of hydrogen-bond donors (Lipinski definition) is 0. The van der Waals surface area contributed by atoms with Crippen molar-refractivity contribution in [3.8, 4) is 0 Å². The first-order chi connectivity index (χ1) is 3.18. The van der Waals surface area contributed by atoms with Gasteiger partial charge in [0, 0.05) is 6.92 Å². The van der Waals surface area contributed by atoms with Gasteiger partial charge in [0.25, 0.3) is 0 Å². The largest absolute Gasteiger partial charge is 0.293 e. The highest BCUT2D eigenvalue weighted by Gasteiger charge is 1.96. The van der Waals surface area contributed by atoms with E-state index in [9.17, 15) is 4.79 Å². The zero-order valence-electron chi connectivity index (χ0n) is 4.22. The smallest absolute Gasteiger partial charge is 0.176 e. The Morgan fingerprint density at radius 2 is 2.14 bits per heavy atom. The molecule has 0 rings (SSSR count). The Morgan fingerprint density at radius 1 is 1.71 bits per heavy atom. The minimum absolute atomic E-state index is 0.0116. The van der Waals surface area contributed by atoms with Crippen LogP contribution in [0.5, 0.6) is 0 Å². The van der Waals surface area contributed by atoms with Crippen molar-refractivity contribution in [3.63, 3.8) is 0 Å². The van der Waals surface area contributed by atoms with Crippen LogP contribution in [0.1, 0.15) is 6.92 Å². The van der Waals surface area contributed by atoms with Crippen LogP contribution in [0.3, 0.4) is 0 Å². The number of Topliss-reactive ketones (excluding diaryl/α,β-unsaturated/α-hetero) is 1. The second-order valence-corrected chi connectivity index (χ2v) is 2.53. The van der Waals surface area contributed by atoms with Crippen LogP contribution in [-0.2, 0) is 4.79 Å². The van der Waals surface area contributed by atoms with Crippen molar-refractivity contribution >= 4 is 34.0 Å². The molecule has 0 aromatic carbocycles.